The number of rotatable bonds is 5. The zero-order valence-electron chi connectivity index (χ0n) is 12.1. The maximum absolute atomic E-state index is 11.5. The lowest BCUT2D eigenvalue weighted by molar-refractivity contribution is -0.115. The van der Waals surface area contributed by atoms with Gasteiger partial charge in [0, 0.05) is 38.0 Å². The number of sulfonamides is 1. The molecular formula is C14H20N2O4S. The van der Waals surface area contributed by atoms with E-state index in [2.05, 4.69) is 4.98 Å². The van der Waals surface area contributed by atoms with E-state index in [9.17, 15) is 8.42 Å². The highest BCUT2D eigenvalue weighted by molar-refractivity contribution is 7.88. The number of aromatic nitrogens is 1. The fourth-order valence-corrected chi connectivity index (χ4v) is 3.86. The molecule has 2 saturated heterocycles. The third-order valence-corrected chi connectivity index (χ3v) is 5.49. The summed E-state index contributed by atoms with van der Waals surface area (Å²) in [6.07, 6.45) is 5.65. The van der Waals surface area contributed by atoms with E-state index >= 15 is 0 Å². The molecule has 3 rings (SSSR count). The van der Waals surface area contributed by atoms with Crippen LogP contribution in [0, 0.1) is 5.92 Å². The molecule has 2 aliphatic rings. The fourth-order valence-electron chi connectivity index (χ4n) is 2.95. The van der Waals surface area contributed by atoms with Gasteiger partial charge in [0.05, 0.1) is 19.5 Å². The molecule has 1 aromatic rings. The first-order chi connectivity index (χ1) is 10.00. The molecule has 0 aromatic carbocycles. The van der Waals surface area contributed by atoms with Gasteiger partial charge in [-0.25, -0.2) is 8.42 Å². The second-order valence-electron chi connectivity index (χ2n) is 5.80. The molecule has 0 aliphatic carbocycles. The third-order valence-electron chi connectivity index (χ3n) is 4.29. The van der Waals surface area contributed by atoms with Gasteiger partial charge in [-0.1, -0.05) is 0 Å². The highest BCUT2D eigenvalue weighted by Crippen LogP contribution is 2.41. The lowest BCUT2D eigenvalue weighted by Crippen LogP contribution is -2.66. The standard InChI is InChI=1S/C14H20N2O4S/c1-21(17,18)16-10-14(11-16)13(4-7-20-14)9-19-8-12-2-5-15-6-3-12/h2-3,5-6,13H,4,7-11H2,1H3/t13-/m0/s1. The van der Waals surface area contributed by atoms with E-state index < -0.39 is 10.0 Å². The van der Waals surface area contributed by atoms with Crippen LogP contribution in [0.15, 0.2) is 24.5 Å². The second-order valence-corrected chi connectivity index (χ2v) is 7.78. The number of pyridine rings is 1. The quantitative estimate of drug-likeness (QED) is 0.798. The van der Waals surface area contributed by atoms with E-state index in [-0.39, 0.29) is 11.5 Å². The van der Waals surface area contributed by atoms with Gasteiger partial charge in [-0.2, -0.15) is 4.31 Å². The molecule has 0 unspecified atom stereocenters. The summed E-state index contributed by atoms with van der Waals surface area (Å²) in [6.45, 7) is 2.73. The van der Waals surface area contributed by atoms with Crippen molar-refractivity contribution in [3.8, 4) is 0 Å². The first-order valence-electron chi connectivity index (χ1n) is 7.05. The number of hydrogen-bond donors (Lipinski definition) is 0. The van der Waals surface area contributed by atoms with Crippen molar-refractivity contribution in [1.29, 1.82) is 0 Å². The lowest BCUT2D eigenvalue weighted by Gasteiger charge is -2.48. The molecular weight excluding hydrogens is 292 g/mol. The maximum Gasteiger partial charge on any atom is 0.211 e. The molecule has 6 nitrogen and oxygen atoms in total. The van der Waals surface area contributed by atoms with Crippen molar-refractivity contribution in [3.63, 3.8) is 0 Å². The monoisotopic (exact) mass is 312 g/mol. The number of nitrogens with zero attached hydrogens (tertiary/aromatic N) is 2. The molecule has 1 aromatic heterocycles. The van der Waals surface area contributed by atoms with Gasteiger partial charge < -0.3 is 9.47 Å². The van der Waals surface area contributed by atoms with Gasteiger partial charge in [0.25, 0.3) is 0 Å². The fraction of sp³-hybridized carbons (Fsp3) is 0.643. The molecule has 1 spiro atoms. The largest absolute Gasteiger partial charge is 0.376 e. The van der Waals surface area contributed by atoms with Crippen LogP contribution in [0.4, 0.5) is 0 Å². The van der Waals surface area contributed by atoms with Crippen molar-refractivity contribution in [3.05, 3.63) is 30.1 Å². The average Bonchev–Trinajstić information content (AvgIpc) is 2.81. The molecule has 3 heterocycles. The van der Waals surface area contributed by atoms with Crippen molar-refractivity contribution < 1.29 is 17.9 Å². The van der Waals surface area contributed by atoms with Crippen LogP contribution in [0.2, 0.25) is 0 Å². The molecule has 21 heavy (non-hydrogen) atoms. The summed E-state index contributed by atoms with van der Waals surface area (Å²) in [5.41, 5.74) is 0.755. The Balaban J connectivity index is 1.52. The zero-order chi connectivity index (χ0) is 14.9. The number of ether oxygens (including phenoxy) is 2. The summed E-state index contributed by atoms with van der Waals surface area (Å²) in [4.78, 5) is 3.97. The van der Waals surface area contributed by atoms with Gasteiger partial charge in [-0.05, 0) is 24.1 Å². The molecule has 0 amide bonds. The van der Waals surface area contributed by atoms with Crippen molar-refractivity contribution in [2.45, 2.75) is 18.6 Å². The van der Waals surface area contributed by atoms with Gasteiger partial charge in [-0.15, -0.1) is 0 Å². The summed E-state index contributed by atoms with van der Waals surface area (Å²) >= 11 is 0. The highest BCUT2D eigenvalue weighted by Gasteiger charge is 2.55. The van der Waals surface area contributed by atoms with Crippen LogP contribution in [-0.4, -0.2) is 55.9 Å². The molecule has 1 atom stereocenters. The lowest BCUT2D eigenvalue weighted by atomic mass is 9.83. The van der Waals surface area contributed by atoms with E-state index in [0.29, 0.717) is 32.9 Å². The van der Waals surface area contributed by atoms with Gasteiger partial charge in [0.2, 0.25) is 10.0 Å². The van der Waals surface area contributed by atoms with Crippen LogP contribution in [0.3, 0.4) is 0 Å². The minimum Gasteiger partial charge on any atom is -0.376 e. The minimum atomic E-state index is -3.11. The van der Waals surface area contributed by atoms with Crippen molar-refractivity contribution >= 4 is 10.0 Å². The van der Waals surface area contributed by atoms with Gasteiger partial charge in [0.15, 0.2) is 0 Å². The van der Waals surface area contributed by atoms with Crippen LogP contribution < -0.4 is 0 Å². The zero-order valence-corrected chi connectivity index (χ0v) is 12.9. The molecule has 0 N–H and O–H groups in total. The molecule has 0 bridgehead atoms. The van der Waals surface area contributed by atoms with Crippen LogP contribution >= 0.6 is 0 Å². The summed E-state index contributed by atoms with van der Waals surface area (Å²) in [5, 5.41) is 0. The van der Waals surface area contributed by atoms with Crippen molar-refractivity contribution in [2.24, 2.45) is 5.92 Å². The SMILES string of the molecule is CS(=O)(=O)N1CC2(C1)OCC[C@H]2COCc1ccncc1. The van der Waals surface area contributed by atoms with Crippen molar-refractivity contribution in [2.75, 3.05) is 32.6 Å². The molecule has 2 fully saturated rings. The summed E-state index contributed by atoms with van der Waals surface area (Å²) in [7, 11) is -3.11. The Morgan fingerprint density at radius 1 is 1.43 bits per heavy atom. The Bertz CT molecular complexity index is 584. The van der Waals surface area contributed by atoms with E-state index in [4.69, 9.17) is 9.47 Å². The second kappa shape index (κ2) is 5.64. The highest BCUT2D eigenvalue weighted by atomic mass is 32.2. The van der Waals surface area contributed by atoms with Crippen molar-refractivity contribution in [1.82, 2.24) is 9.29 Å². The Hall–Kier alpha value is -1.02. The minimum absolute atomic E-state index is 0.261. The van der Waals surface area contributed by atoms with Crippen LogP contribution in [-0.2, 0) is 26.1 Å². The van der Waals surface area contributed by atoms with Gasteiger partial charge in [0.1, 0.15) is 5.60 Å². The summed E-state index contributed by atoms with van der Waals surface area (Å²) in [6, 6.07) is 3.85. The predicted molar refractivity (Wildman–Crippen MR) is 77.1 cm³/mol. The molecule has 7 heteroatoms. The van der Waals surface area contributed by atoms with Gasteiger partial charge >= 0.3 is 0 Å². The Kier molecular flexibility index (Phi) is 4.00. The third kappa shape index (κ3) is 3.11. The first kappa shape index (κ1) is 14.9. The Labute approximate surface area is 125 Å². The average molecular weight is 312 g/mol. The van der Waals surface area contributed by atoms with E-state index in [0.717, 1.165) is 12.0 Å². The Morgan fingerprint density at radius 2 is 2.14 bits per heavy atom. The normalized spacial score (nSPS) is 25.1. The molecule has 0 saturated carbocycles. The summed E-state index contributed by atoms with van der Waals surface area (Å²) < 4.78 is 36.1. The van der Waals surface area contributed by atoms with E-state index in [1.807, 2.05) is 12.1 Å². The molecule has 0 radical (unpaired) electrons. The smallest absolute Gasteiger partial charge is 0.211 e. The van der Waals surface area contributed by atoms with E-state index in [1.165, 1.54) is 10.6 Å². The van der Waals surface area contributed by atoms with E-state index in [1.54, 1.807) is 12.4 Å². The molecule has 116 valence electrons. The first-order valence-corrected chi connectivity index (χ1v) is 8.90. The van der Waals surface area contributed by atoms with Crippen LogP contribution in [0.25, 0.3) is 0 Å². The Morgan fingerprint density at radius 3 is 2.81 bits per heavy atom. The summed E-state index contributed by atoms with van der Waals surface area (Å²) in [5.74, 6) is 0.261. The molecule has 2 aliphatic heterocycles. The predicted octanol–water partition coefficient (Wildman–Crippen LogP) is 0.649. The maximum atomic E-state index is 11.5. The van der Waals surface area contributed by atoms with Gasteiger partial charge in [-0.3, -0.25) is 4.98 Å². The number of hydrogen-bond acceptors (Lipinski definition) is 5. The van der Waals surface area contributed by atoms with Crippen LogP contribution in [0.5, 0.6) is 0 Å². The topological polar surface area (TPSA) is 68.7 Å². The van der Waals surface area contributed by atoms with Crippen LogP contribution in [0.1, 0.15) is 12.0 Å².